The molecule has 0 fully saturated rings. The van der Waals surface area contributed by atoms with Gasteiger partial charge in [-0.1, -0.05) is 12.1 Å². The van der Waals surface area contributed by atoms with E-state index >= 15 is 0 Å². The summed E-state index contributed by atoms with van der Waals surface area (Å²) in [6.07, 6.45) is 0. The van der Waals surface area contributed by atoms with E-state index in [0.717, 1.165) is 11.1 Å². The van der Waals surface area contributed by atoms with Crippen LogP contribution in [-0.4, -0.2) is 37.5 Å². The Morgan fingerprint density at radius 2 is 1.64 bits per heavy atom. The highest BCUT2D eigenvalue weighted by molar-refractivity contribution is 5.94. The normalized spacial score (nSPS) is 10.1. The van der Waals surface area contributed by atoms with Crippen LogP contribution in [0.2, 0.25) is 0 Å². The molecule has 2 rings (SSSR count). The molecule has 2 N–H and O–H groups in total. The maximum absolute atomic E-state index is 12.1. The molecular weight excluding hydrogens is 360 g/mol. The first kappa shape index (κ1) is 21.0. The van der Waals surface area contributed by atoms with E-state index in [4.69, 9.17) is 9.47 Å². The maximum atomic E-state index is 12.1. The highest BCUT2D eigenvalue weighted by Crippen LogP contribution is 2.16. The monoisotopic (exact) mass is 384 g/mol. The number of carbonyl (C=O) groups excluding carboxylic acids is 3. The van der Waals surface area contributed by atoms with E-state index in [-0.39, 0.29) is 31.5 Å². The lowest BCUT2D eigenvalue weighted by molar-refractivity contribution is -0.131. The van der Waals surface area contributed by atoms with E-state index in [0.29, 0.717) is 17.1 Å². The first-order chi connectivity index (χ1) is 13.3. The number of esters is 1. The first-order valence-electron chi connectivity index (χ1n) is 8.88. The van der Waals surface area contributed by atoms with Gasteiger partial charge in [0.15, 0.2) is 6.61 Å². The van der Waals surface area contributed by atoms with Crippen molar-refractivity contribution in [2.45, 2.75) is 20.8 Å². The zero-order chi connectivity index (χ0) is 20.5. The van der Waals surface area contributed by atoms with Crippen molar-refractivity contribution in [2.24, 2.45) is 0 Å². The number of hydrogen-bond acceptors (Lipinski definition) is 5. The van der Waals surface area contributed by atoms with Gasteiger partial charge in [0.2, 0.25) is 0 Å². The molecule has 7 nitrogen and oxygen atoms in total. The molecule has 0 aliphatic carbocycles. The molecule has 0 saturated heterocycles. The average molecular weight is 384 g/mol. The van der Waals surface area contributed by atoms with Gasteiger partial charge < -0.3 is 20.1 Å². The van der Waals surface area contributed by atoms with Crippen LogP contribution in [0.4, 0.5) is 0 Å². The number of benzene rings is 2. The summed E-state index contributed by atoms with van der Waals surface area (Å²) >= 11 is 0. The highest BCUT2D eigenvalue weighted by atomic mass is 16.5. The van der Waals surface area contributed by atoms with Gasteiger partial charge in [-0.2, -0.15) is 0 Å². The fraction of sp³-hybridized carbons (Fsp3) is 0.286. The fourth-order valence-corrected chi connectivity index (χ4v) is 2.35. The van der Waals surface area contributed by atoms with Gasteiger partial charge >= 0.3 is 5.97 Å². The second-order valence-electron chi connectivity index (χ2n) is 6.26. The smallest absolute Gasteiger partial charge is 0.308 e. The van der Waals surface area contributed by atoms with Gasteiger partial charge in [-0.3, -0.25) is 14.4 Å². The molecule has 0 aliphatic heterocycles. The molecule has 28 heavy (non-hydrogen) atoms. The van der Waals surface area contributed by atoms with Gasteiger partial charge in [0.25, 0.3) is 11.8 Å². The summed E-state index contributed by atoms with van der Waals surface area (Å²) in [7, 11) is 0. The van der Waals surface area contributed by atoms with Crippen molar-refractivity contribution in [1.29, 1.82) is 0 Å². The summed E-state index contributed by atoms with van der Waals surface area (Å²) in [4.78, 5) is 34.9. The second kappa shape index (κ2) is 10.1. The van der Waals surface area contributed by atoms with Crippen molar-refractivity contribution in [2.75, 3.05) is 19.7 Å². The molecule has 0 bridgehead atoms. The van der Waals surface area contributed by atoms with Crippen LogP contribution in [0.5, 0.6) is 11.5 Å². The summed E-state index contributed by atoms with van der Waals surface area (Å²) in [6.45, 7) is 5.70. The topological polar surface area (TPSA) is 93.7 Å². The first-order valence-corrected chi connectivity index (χ1v) is 8.88. The Labute approximate surface area is 164 Å². The number of rotatable bonds is 8. The quantitative estimate of drug-likeness (QED) is 0.413. The van der Waals surface area contributed by atoms with Crippen LogP contribution in [0.3, 0.4) is 0 Å². The molecular formula is C21H24N2O5. The Kier molecular flexibility index (Phi) is 7.56. The third-order valence-electron chi connectivity index (χ3n) is 3.94. The molecule has 2 aromatic carbocycles. The molecule has 0 atom stereocenters. The number of carbonyl (C=O) groups is 3. The van der Waals surface area contributed by atoms with Gasteiger partial charge in [-0.05, 0) is 55.3 Å². The minimum atomic E-state index is -0.455. The molecule has 0 aromatic heterocycles. The van der Waals surface area contributed by atoms with Gasteiger partial charge in [0, 0.05) is 25.6 Å². The SMILES string of the molecule is CC(=O)Oc1cccc(C(=O)NCCNC(=O)COc2ccc(C)c(C)c2)c1. The van der Waals surface area contributed by atoms with Crippen LogP contribution in [-0.2, 0) is 9.59 Å². The van der Waals surface area contributed by atoms with Crippen LogP contribution in [0, 0.1) is 13.8 Å². The summed E-state index contributed by atoms with van der Waals surface area (Å²) in [5, 5.41) is 5.36. The van der Waals surface area contributed by atoms with Crippen LogP contribution >= 0.6 is 0 Å². The van der Waals surface area contributed by atoms with E-state index < -0.39 is 5.97 Å². The number of aryl methyl sites for hydroxylation is 2. The lowest BCUT2D eigenvalue weighted by Crippen LogP contribution is -2.36. The van der Waals surface area contributed by atoms with Crippen LogP contribution < -0.4 is 20.1 Å². The van der Waals surface area contributed by atoms with E-state index in [2.05, 4.69) is 10.6 Å². The van der Waals surface area contributed by atoms with Crippen molar-refractivity contribution < 1.29 is 23.9 Å². The van der Waals surface area contributed by atoms with Gasteiger partial charge in [-0.25, -0.2) is 0 Å². The summed E-state index contributed by atoms with van der Waals surface area (Å²) in [5.74, 6) is -0.113. The Balaban J connectivity index is 1.70. The minimum absolute atomic E-state index is 0.0964. The summed E-state index contributed by atoms with van der Waals surface area (Å²) < 4.78 is 10.4. The molecule has 148 valence electrons. The Morgan fingerprint density at radius 3 is 2.36 bits per heavy atom. The molecule has 2 aromatic rings. The van der Waals surface area contributed by atoms with Crippen LogP contribution in [0.25, 0.3) is 0 Å². The Hall–Kier alpha value is -3.35. The number of amides is 2. The second-order valence-corrected chi connectivity index (χ2v) is 6.26. The lowest BCUT2D eigenvalue weighted by Gasteiger charge is -2.10. The third kappa shape index (κ3) is 6.75. The van der Waals surface area contributed by atoms with Crippen molar-refractivity contribution >= 4 is 17.8 Å². The maximum Gasteiger partial charge on any atom is 0.308 e. The van der Waals surface area contributed by atoms with Crippen LogP contribution in [0.15, 0.2) is 42.5 Å². The van der Waals surface area contributed by atoms with Gasteiger partial charge in [-0.15, -0.1) is 0 Å². The third-order valence-corrected chi connectivity index (χ3v) is 3.94. The highest BCUT2D eigenvalue weighted by Gasteiger charge is 2.08. The summed E-state index contributed by atoms with van der Waals surface area (Å²) in [6, 6.07) is 11.9. The van der Waals surface area contributed by atoms with Crippen LogP contribution in [0.1, 0.15) is 28.4 Å². The molecule has 0 spiro atoms. The molecule has 0 heterocycles. The molecule has 2 amide bonds. The number of ether oxygens (including phenoxy) is 2. The van der Waals surface area contributed by atoms with E-state index in [9.17, 15) is 14.4 Å². The van der Waals surface area contributed by atoms with E-state index in [1.54, 1.807) is 18.2 Å². The predicted octanol–water partition coefficient (Wildman–Crippen LogP) is 2.15. The fourth-order valence-electron chi connectivity index (χ4n) is 2.35. The van der Waals surface area contributed by atoms with E-state index in [1.807, 2.05) is 32.0 Å². The molecule has 0 saturated carbocycles. The Bertz CT molecular complexity index is 864. The Morgan fingerprint density at radius 1 is 0.893 bits per heavy atom. The minimum Gasteiger partial charge on any atom is -0.484 e. The van der Waals surface area contributed by atoms with Crippen molar-refractivity contribution in [1.82, 2.24) is 10.6 Å². The summed E-state index contributed by atoms with van der Waals surface area (Å²) in [5.41, 5.74) is 2.62. The molecule has 0 radical (unpaired) electrons. The van der Waals surface area contributed by atoms with Gasteiger partial charge in [0.05, 0.1) is 0 Å². The van der Waals surface area contributed by atoms with Crippen molar-refractivity contribution in [3.63, 3.8) is 0 Å². The molecule has 0 unspecified atom stereocenters. The standard InChI is InChI=1S/C21H24N2O5/c1-14-7-8-18(11-15(14)2)27-13-20(25)22-9-10-23-21(26)17-5-4-6-19(12-17)28-16(3)24/h4-8,11-12H,9-10,13H2,1-3H3,(H,22,25)(H,23,26). The molecule has 0 aliphatic rings. The van der Waals surface area contributed by atoms with Crippen molar-refractivity contribution in [3.05, 3.63) is 59.2 Å². The lowest BCUT2D eigenvalue weighted by atomic mass is 10.1. The zero-order valence-electron chi connectivity index (χ0n) is 16.2. The van der Waals surface area contributed by atoms with Gasteiger partial charge in [0.1, 0.15) is 11.5 Å². The average Bonchev–Trinajstić information content (AvgIpc) is 2.65. The number of nitrogens with one attached hydrogen (secondary N) is 2. The zero-order valence-corrected chi connectivity index (χ0v) is 16.2. The number of hydrogen-bond donors (Lipinski definition) is 2. The van der Waals surface area contributed by atoms with Crippen molar-refractivity contribution in [3.8, 4) is 11.5 Å². The predicted molar refractivity (Wildman–Crippen MR) is 105 cm³/mol. The van der Waals surface area contributed by atoms with E-state index in [1.165, 1.54) is 13.0 Å². The largest absolute Gasteiger partial charge is 0.484 e. The molecule has 7 heteroatoms.